The molecule has 0 spiro atoms. The van der Waals surface area contributed by atoms with Gasteiger partial charge in [-0.2, -0.15) is 15.0 Å². The first-order chi connectivity index (χ1) is 12.2. The third-order valence-electron chi connectivity index (χ3n) is 3.23. The fourth-order valence-corrected chi connectivity index (χ4v) is 2.73. The normalized spacial score (nSPS) is 10.6. The van der Waals surface area contributed by atoms with Gasteiger partial charge < -0.3 is 15.8 Å². The maximum absolute atomic E-state index is 5.80. The molecule has 0 aliphatic rings. The molecule has 2 aromatic heterocycles. The first-order valence-electron chi connectivity index (χ1n) is 7.62. The van der Waals surface area contributed by atoms with E-state index in [9.17, 15) is 0 Å². The Balaban J connectivity index is 1.73. The minimum atomic E-state index is 0.146. The van der Waals surface area contributed by atoms with Gasteiger partial charge in [0.1, 0.15) is 17.4 Å². The molecule has 25 heavy (non-hydrogen) atoms. The minimum absolute atomic E-state index is 0.146. The van der Waals surface area contributed by atoms with E-state index in [1.807, 2.05) is 31.2 Å². The van der Waals surface area contributed by atoms with E-state index in [2.05, 4.69) is 35.5 Å². The Morgan fingerprint density at radius 2 is 2.04 bits per heavy atom. The standard InChI is InChI=1S/C15H18N8OS/c1-3-11-20-15(23-22-11)25-8-12-18-13(16)21-14(19-12)17-9-6-4-5-7-10(9)24-2/h4-7H,3,8H2,1-2H3,(H,20,22,23)(H3,16,17,18,19,21). The van der Waals surface area contributed by atoms with Crippen LogP contribution in [-0.2, 0) is 12.2 Å². The number of nitrogens with two attached hydrogens (primary N) is 1. The minimum Gasteiger partial charge on any atom is -0.495 e. The van der Waals surface area contributed by atoms with Crippen LogP contribution in [0.25, 0.3) is 0 Å². The molecule has 1 aromatic carbocycles. The number of nitrogens with zero attached hydrogens (tertiary/aromatic N) is 5. The van der Waals surface area contributed by atoms with Gasteiger partial charge in [0.15, 0.2) is 0 Å². The number of benzene rings is 1. The predicted octanol–water partition coefficient (Wildman–Crippen LogP) is 2.18. The van der Waals surface area contributed by atoms with Crippen molar-refractivity contribution in [1.82, 2.24) is 30.1 Å². The molecular weight excluding hydrogens is 340 g/mol. The smallest absolute Gasteiger partial charge is 0.232 e. The number of aromatic amines is 1. The lowest BCUT2D eigenvalue weighted by Crippen LogP contribution is -2.07. The molecule has 10 heteroatoms. The first-order valence-corrected chi connectivity index (χ1v) is 8.61. The second-order valence-electron chi connectivity index (χ2n) is 4.97. The highest BCUT2D eigenvalue weighted by Crippen LogP contribution is 2.26. The first kappa shape index (κ1) is 17.0. The van der Waals surface area contributed by atoms with E-state index in [1.54, 1.807) is 7.11 Å². The lowest BCUT2D eigenvalue weighted by atomic mass is 10.3. The Bertz CT molecular complexity index is 853. The molecule has 0 saturated heterocycles. The fourth-order valence-electron chi connectivity index (χ4n) is 2.06. The average Bonchev–Trinajstić information content (AvgIpc) is 3.08. The second-order valence-corrected chi connectivity index (χ2v) is 5.91. The van der Waals surface area contributed by atoms with Crippen molar-refractivity contribution in [1.29, 1.82) is 0 Å². The van der Waals surface area contributed by atoms with E-state index in [4.69, 9.17) is 10.5 Å². The third kappa shape index (κ3) is 4.35. The van der Waals surface area contributed by atoms with Crippen molar-refractivity contribution < 1.29 is 4.74 Å². The van der Waals surface area contributed by atoms with Gasteiger partial charge in [0, 0.05) is 6.42 Å². The molecule has 9 nitrogen and oxygen atoms in total. The predicted molar refractivity (Wildman–Crippen MR) is 95.8 cm³/mol. The monoisotopic (exact) mass is 358 g/mol. The lowest BCUT2D eigenvalue weighted by Gasteiger charge is -2.10. The largest absolute Gasteiger partial charge is 0.495 e. The van der Waals surface area contributed by atoms with Crippen molar-refractivity contribution in [3.63, 3.8) is 0 Å². The van der Waals surface area contributed by atoms with Crippen molar-refractivity contribution in [3.8, 4) is 5.75 Å². The maximum Gasteiger partial charge on any atom is 0.232 e. The van der Waals surface area contributed by atoms with Crippen molar-refractivity contribution in [2.75, 3.05) is 18.2 Å². The number of hydrogen-bond acceptors (Lipinski definition) is 9. The fraction of sp³-hybridized carbons (Fsp3) is 0.267. The summed E-state index contributed by atoms with van der Waals surface area (Å²) in [7, 11) is 1.60. The van der Waals surface area contributed by atoms with Crippen LogP contribution in [0.15, 0.2) is 29.4 Å². The average molecular weight is 358 g/mol. The highest BCUT2D eigenvalue weighted by Gasteiger charge is 2.10. The third-order valence-corrected chi connectivity index (χ3v) is 4.07. The Morgan fingerprint density at radius 3 is 2.80 bits per heavy atom. The van der Waals surface area contributed by atoms with Crippen LogP contribution in [0.4, 0.5) is 17.6 Å². The van der Waals surface area contributed by atoms with Crippen LogP contribution in [0, 0.1) is 0 Å². The SMILES string of the molecule is CCc1nc(SCc2nc(N)nc(Nc3ccccc3OC)n2)n[nH]1. The van der Waals surface area contributed by atoms with Gasteiger partial charge in [-0.05, 0) is 12.1 Å². The number of aromatic nitrogens is 6. The second kappa shape index (κ2) is 7.79. The van der Waals surface area contributed by atoms with Gasteiger partial charge in [-0.15, -0.1) is 5.10 Å². The number of thioether (sulfide) groups is 1. The number of para-hydroxylation sites is 2. The van der Waals surface area contributed by atoms with Crippen molar-refractivity contribution in [3.05, 3.63) is 35.9 Å². The number of aryl methyl sites for hydroxylation is 1. The molecule has 3 rings (SSSR count). The van der Waals surface area contributed by atoms with Crippen LogP contribution in [0.5, 0.6) is 5.75 Å². The molecular formula is C15H18N8OS. The van der Waals surface area contributed by atoms with Gasteiger partial charge in [0.05, 0.1) is 18.6 Å². The number of nitrogen functional groups attached to an aromatic ring is 1. The number of nitrogens with one attached hydrogen (secondary N) is 2. The Kier molecular flexibility index (Phi) is 5.29. The summed E-state index contributed by atoms with van der Waals surface area (Å²) in [6.07, 6.45) is 0.805. The van der Waals surface area contributed by atoms with Crippen molar-refractivity contribution >= 4 is 29.3 Å². The van der Waals surface area contributed by atoms with Gasteiger partial charge in [0.25, 0.3) is 0 Å². The van der Waals surface area contributed by atoms with Gasteiger partial charge in [-0.1, -0.05) is 30.8 Å². The number of rotatable bonds is 7. The number of hydrogen-bond donors (Lipinski definition) is 3. The van der Waals surface area contributed by atoms with Gasteiger partial charge in [0.2, 0.25) is 17.1 Å². The summed E-state index contributed by atoms with van der Waals surface area (Å²) < 4.78 is 5.31. The molecule has 0 bridgehead atoms. The van der Waals surface area contributed by atoms with Crippen LogP contribution in [0.2, 0.25) is 0 Å². The zero-order valence-electron chi connectivity index (χ0n) is 13.9. The Labute approximate surface area is 148 Å². The quantitative estimate of drug-likeness (QED) is 0.544. The summed E-state index contributed by atoms with van der Waals surface area (Å²) in [5.41, 5.74) is 6.54. The zero-order chi connectivity index (χ0) is 17.6. The molecule has 0 radical (unpaired) electrons. The van der Waals surface area contributed by atoms with Crippen LogP contribution in [0.3, 0.4) is 0 Å². The molecule has 4 N–H and O–H groups in total. The lowest BCUT2D eigenvalue weighted by molar-refractivity contribution is 0.417. The maximum atomic E-state index is 5.80. The Morgan fingerprint density at radius 1 is 1.20 bits per heavy atom. The summed E-state index contributed by atoms with van der Waals surface area (Å²) in [5, 5.41) is 10.8. The number of H-pyrrole nitrogens is 1. The highest BCUT2D eigenvalue weighted by atomic mass is 32.2. The van der Waals surface area contributed by atoms with Crippen molar-refractivity contribution in [2.45, 2.75) is 24.3 Å². The Hall–Kier alpha value is -2.88. The molecule has 3 aromatic rings. The summed E-state index contributed by atoms with van der Waals surface area (Å²) in [5.74, 6) is 3.05. The van der Waals surface area contributed by atoms with Gasteiger partial charge in [-0.3, -0.25) is 5.10 Å². The van der Waals surface area contributed by atoms with Crippen LogP contribution in [-0.4, -0.2) is 37.2 Å². The van der Waals surface area contributed by atoms with E-state index >= 15 is 0 Å². The zero-order valence-corrected chi connectivity index (χ0v) is 14.7. The van der Waals surface area contributed by atoms with E-state index in [0.29, 0.717) is 28.4 Å². The molecule has 2 heterocycles. The summed E-state index contributed by atoms with van der Waals surface area (Å²) in [6, 6.07) is 7.49. The molecule has 0 atom stereocenters. The van der Waals surface area contributed by atoms with E-state index in [1.165, 1.54) is 11.8 Å². The highest BCUT2D eigenvalue weighted by molar-refractivity contribution is 7.98. The van der Waals surface area contributed by atoms with Crippen LogP contribution < -0.4 is 15.8 Å². The molecule has 0 saturated carbocycles. The summed E-state index contributed by atoms with van der Waals surface area (Å²) in [4.78, 5) is 17.0. The van der Waals surface area contributed by atoms with Gasteiger partial charge in [-0.25, -0.2) is 4.98 Å². The number of ether oxygens (including phenoxy) is 1. The molecule has 0 fully saturated rings. The molecule has 0 amide bonds. The number of anilines is 3. The summed E-state index contributed by atoms with van der Waals surface area (Å²) in [6.45, 7) is 2.01. The summed E-state index contributed by atoms with van der Waals surface area (Å²) >= 11 is 1.43. The van der Waals surface area contributed by atoms with Gasteiger partial charge >= 0.3 is 0 Å². The van der Waals surface area contributed by atoms with Crippen molar-refractivity contribution in [2.24, 2.45) is 0 Å². The molecule has 130 valence electrons. The van der Waals surface area contributed by atoms with E-state index in [-0.39, 0.29) is 5.95 Å². The molecule has 0 aliphatic heterocycles. The van der Waals surface area contributed by atoms with E-state index in [0.717, 1.165) is 17.9 Å². The van der Waals surface area contributed by atoms with Crippen LogP contribution >= 0.6 is 11.8 Å². The molecule has 0 unspecified atom stereocenters. The number of methoxy groups -OCH3 is 1. The molecule has 0 aliphatic carbocycles. The topological polar surface area (TPSA) is 128 Å². The van der Waals surface area contributed by atoms with Crippen LogP contribution in [0.1, 0.15) is 18.6 Å². The van der Waals surface area contributed by atoms with E-state index < -0.39 is 0 Å².